The van der Waals surface area contributed by atoms with E-state index in [2.05, 4.69) is 38.1 Å². The topological polar surface area (TPSA) is 17.1 Å². The minimum atomic E-state index is -0.267. The van der Waals surface area contributed by atoms with E-state index in [1.165, 1.54) is 62.2 Å². The molecule has 0 radical (unpaired) electrons. The molecule has 3 heteroatoms. The van der Waals surface area contributed by atoms with Gasteiger partial charge in [-0.15, -0.1) is 8.19 Å². The second-order valence-electron chi connectivity index (χ2n) is 7.09. The summed E-state index contributed by atoms with van der Waals surface area (Å²) < 4.78 is 0. The van der Waals surface area contributed by atoms with Gasteiger partial charge >= 0.3 is 0 Å². The predicted octanol–water partition coefficient (Wildman–Crippen LogP) is 8.01. The monoisotopic (exact) mass is 390 g/mol. The van der Waals surface area contributed by atoms with Gasteiger partial charge in [-0.1, -0.05) is 82.7 Å². The molecular formula is C23H32ClOP. The van der Waals surface area contributed by atoms with Crippen LogP contribution in [0.5, 0.6) is 0 Å². The number of halogens is 1. The minimum Gasteiger partial charge on any atom is -0.275 e. The van der Waals surface area contributed by atoms with Crippen LogP contribution in [0, 0.1) is 0 Å². The number of rotatable bonds is 12. The van der Waals surface area contributed by atoms with Gasteiger partial charge in [0, 0.05) is 5.56 Å². The number of unbranched alkanes of at least 4 members (excludes halogenated alkanes) is 6. The van der Waals surface area contributed by atoms with Crippen molar-refractivity contribution in [1.82, 2.24) is 0 Å². The summed E-state index contributed by atoms with van der Waals surface area (Å²) in [6.45, 7) is 4.49. The molecule has 1 heterocycles. The van der Waals surface area contributed by atoms with E-state index >= 15 is 0 Å². The Labute approximate surface area is 165 Å². The maximum atomic E-state index is 12.2. The molecule has 2 rings (SSSR count). The lowest BCUT2D eigenvalue weighted by molar-refractivity contribution is 0.108. The Morgan fingerprint density at radius 3 is 2.08 bits per heavy atom. The van der Waals surface area contributed by atoms with E-state index in [0.717, 1.165) is 29.3 Å². The number of carbonyl (C=O) groups excluding carboxylic acids is 1. The third-order valence-electron chi connectivity index (χ3n) is 5.01. The molecule has 1 nitrogen and oxygen atoms in total. The summed E-state index contributed by atoms with van der Waals surface area (Å²) in [6.07, 6.45) is 12.2. The molecule has 0 aliphatic carbocycles. The molecule has 1 aromatic carbocycles. The summed E-state index contributed by atoms with van der Waals surface area (Å²) in [5.74, 6) is 0. The van der Waals surface area contributed by atoms with Gasteiger partial charge < -0.3 is 0 Å². The van der Waals surface area contributed by atoms with Crippen LogP contribution in [-0.4, -0.2) is 5.24 Å². The van der Waals surface area contributed by atoms with E-state index in [9.17, 15) is 4.79 Å². The molecule has 142 valence electrons. The Kier molecular flexibility index (Phi) is 9.51. The van der Waals surface area contributed by atoms with Crippen molar-refractivity contribution in [2.24, 2.45) is 0 Å². The van der Waals surface area contributed by atoms with Crippen LogP contribution in [0.3, 0.4) is 0 Å². The third kappa shape index (κ3) is 6.00. The summed E-state index contributed by atoms with van der Waals surface area (Å²) in [5, 5.41) is 2.06. The van der Waals surface area contributed by atoms with Crippen molar-refractivity contribution in [1.29, 1.82) is 0 Å². The largest absolute Gasteiger partial charge is 0.275 e. The van der Waals surface area contributed by atoms with Crippen LogP contribution in [0.2, 0.25) is 0 Å². The zero-order valence-electron chi connectivity index (χ0n) is 16.2. The Morgan fingerprint density at radius 1 is 0.885 bits per heavy atom. The summed E-state index contributed by atoms with van der Waals surface area (Å²) in [4.78, 5) is 12.2. The lowest BCUT2D eigenvalue weighted by Crippen LogP contribution is -1.95. The molecule has 2 aromatic rings. The second-order valence-corrected chi connectivity index (χ2v) is 8.79. The average molecular weight is 391 g/mol. The molecule has 0 amide bonds. The molecular weight excluding hydrogens is 359 g/mol. The molecule has 0 saturated carbocycles. The molecule has 0 fully saturated rings. The van der Waals surface area contributed by atoms with Gasteiger partial charge in [0.1, 0.15) is 0 Å². The number of benzene rings is 1. The lowest BCUT2D eigenvalue weighted by Gasteiger charge is -2.10. The molecule has 0 N–H and O–H groups in total. The fourth-order valence-corrected chi connectivity index (χ4v) is 5.37. The van der Waals surface area contributed by atoms with Crippen molar-refractivity contribution in [3.8, 4) is 11.1 Å². The van der Waals surface area contributed by atoms with Crippen molar-refractivity contribution in [2.45, 2.75) is 78.1 Å². The zero-order valence-corrected chi connectivity index (χ0v) is 18.0. The van der Waals surface area contributed by atoms with Gasteiger partial charge in [-0.05, 0) is 53.7 Å². The van der Waals surface area contributed by atoms with Crippen LogP contribution < -0.4 is 0 Å². The van der Waals surface area contributed by atoms with Crippen molar-refractivity contribution in [3.63, 3.8) is 0 Å². The fourth-order valence-electron chi connectivity index (χ4n) is 3.61. The Hall–Kier alpha value is -1.04. The van der Waals surface area contributed by atoms with Gasteiger partial charge in [-0.3, -0.25) is 4.79 Å². The lowest BCUT2D eigenvalue weighted by atomic mass is 9.94. The van der Waals surface area contributed by atoms with Crippen LogP contribution >= 0.6 is 19.8 Å². The molecule has 1 aromatic heterocycles. The standard InChI is InChI=1S/C23H32ClOP/c1-3-5-7-12-16-19-20(17-13-8-6-4-2)26-22(23(24)25)21(19)18-14-10-9-11-15-18/h9-11,14-15,26H,3-8,12-13,16-17H2,1-2H3. The number of carbonyl (C=O) groups is 1. The van der Waals surface area contributed by atoms with Gasteiger partial charge in [0.2, 0.25) is 0 Å². The van der Waals surface area contributed by atoms with Gasteiger partial charge in [-0.25, -0.2) is 0 Å². The van der Waals surface area contributed by atoms with Crippen LogP contribution in [0.25, 0.3) is 11.1 Å². The Bertz CT molecular complexity index is 675. The molecule has 1 atom stereocenters. The zero-order chi connectivity index (χ0) is 18.8. The summed E-state index contributed by atoms with van der Waals surface area (Å²) in [7, 11) is 0.459. The normalized spacial score (nSPS) is 11.3. The highest BCUT2D eigenvalue weighted by Gasteiger charge is 2.21. The minimum absolute atomic E-state index is 0.267. The fraction of sp³-hybridized carbons (Fsp3) is 0.522. The van der Waals surface area contributed by atoms with E-state index in [0.29, 0.717) is 8.19 Å². The smallest absolute Gasteiger partial charge is 0.256 e. The maximum absolute atomic E-state index is 12.2. The van der Waals surface area contributed by atoms with Crippen LogP contribution in [0.15, 0.2) is 30.3 Å². The third-order valence-corrected chi connectivity index (χ3v) is 6.94. The first-order chi connectivity index (χ1) is 12.7. The van der Waals surface area contributed by atoms with Crippen molar-refractivity contribution < 1.29 is 4.79 Å². The number of aryl methyl sites for hydroxylation is 1. The van der Waals surface area contributed by atoms with E-state index in [1.54, 1.807) is 0 Å². The first kappa shape index (κ1) is 21.3. The van der Waals surface area contributed by atoms with Gasteiger partial charge in [0.15, 0.2) is 0 Å². The predicted molar refractivity (Wildman–Crippen MR) is 117 cm³/mol. The molecule has 0 bridgehead atoms. The molecule has 0 spiro atoms. The first-order valence-electron chi connectivity index (χ1n) is 10.2. The van der Waals surface area contributed by atoms with E-state index in [1.807, 2.05) is 6.07 Å². The Balaban J connectivity index is 2.34. The van der Waals surface area contributed by atoms with E-state index < -0.39 is 0 Å². The van der Waals surface area contributed by atoms with Gasteiger partial charge in [0.25, 0.3) is 5.24 Å². The average Bonchev–Trinajstić information content (AvgIpc) is 3.02. The molecule has 1 unspecified atom stereocenters. The van der Waals surface area contributed by atoms with Crippen molar-refractivity contribution in [3.05, 3.63) is 46.5 Å². The van der Waals surface area contributed by atoms with E-state index in [-0.39, 0.29) is 5.24 Å². The summed E-state index contributed by atoms with van der Waals surface area (Å²) in [6, 6.07) is 10.4. The van der Waals surface area contributed by atoms with Crippen LogP contribution in [-0.2, 0) is 12.8 Å². The van der Waals surface area contributed by atoms with Gasteiger partial charge in [-0.2, -0.15) is 0 Å². The molecule has 26 heavy (non-hydrogen) atoms. The second kappa shape index (κ2) is 11.6. The Morgan fingerprint density at radius 2 is 1.50 bits per heavy atom. The molecule has 0 aliphatic heterocycles. The quantitative estimate of drug-likeness (QED) is 0.265. The molecule has 0 aliphatic rings. The first-order valence-corrected chi connectivity index (χ1v) is 11.6. The van der Waals surface area contributed by atoms with Gasteiger partial charge in [0.05, 0.1) is 5.30 Å². The van der Waals surface area contributed by atoms with Crippen LogP contribution in [0.4, 0.5) is 0 Å². The van der Waals surface area contributed by atoms with Crippen molar-refractivity contribution in [2.75, 3.05) is 0 Å². The summed E-state index contributed by atoms with van der Waals surface area (Å²) in [5.41, 5.74) is 3.72. The van der Waals surface area contributed by atoms with E-state index in [4.69, 9.17) is 11.6 Å². The maximum Gasteiger partial charge on any atom is 0.256 e. The highest BCUT2D eigenvalue weighted by atomic mass is 35.5. The molecule has 0 saturated heterocycles. The highest BCUT2D eigenvalue weighted by Crippen LogP contribution is 2.42. The SMILES string of the molecule is CCCCCCc1[pH]c(C(=O)Cl)c(-c2ccccc2)c1CCCCCC. The van der Waals surface area contributed by atoms with Crippen molar-refractivity contribution >= 4 is 25.0 Å². The number of hydrogen-bond acceptors (Lipinski definition) is 1. The highest BCUT2D eigenvalue weighted by molar-refractivity contribution is 7.35. The number of hydrogen-bond donors (Lipinski definition) is 0. The van der Waals surface area contributed by atoms with Crippen LogP contribution in [0.1, 0.15) is 86.2 Å². The summed E-state index contributed by atoms with van der Waals surface area (Å²) >= 11 is 6.01.